The molecule has 0 aromatic carbocycles. The summed E-state index contributed by atoms with van der Waals surface area (Å²) in [4.78, 5) is 9.95. The molecule has 0 aliphatic carbocycles. The highest BCUT2D eigenvalue weighted by Crippen LogP contribution is 1.69. The summed E-state index contributed by atoms with van der Waals surface area (Å²) >= 11 is 0. The summed E-state index contributed by atoms with van der Waals surface area (Å²) in [5.41, 5.74) is 1.80. The molecule has 1 amide bonds. The highest BCUT2D eigenvalue weighted by atomic mass is 16.5. The molecule has 7 N–H and O–H groups in total. The predicted octanol–water partition coefficient (Wildman–Crippen LogP) is -1.57. The number of carbonyl (C=O) groups is 1. The first-order chi connectivity index (χ1) is 4.31. The van der Waals surface area contributed by atoms with Gasteiger partial charge in [-0.05, 0) is 6.92 Å². The van der Waals surface area contributed by atoms with Crippen LogP contribution in [-0.4, -0.2) is 12.7 Å². The molecule has 0 saturated carbocycles. The summed E-state index contributed by atoms with van der Waals surface area (Å²) in [6.45, 7) is 2.05. The van der Waals surface area contributed by atoms with Crippen molar-refractivity contribution in [1.82, 2.24) is 5.43 Å². The summed E-state index contributed by atoms with van der Waals surface area (Å²) in [6.07, 6.45) is -0.595. The molecule has 6 heteroatoms. The lowest BCUT2D eigenvalue weighted by atomic mass is 10.9. The Labute approximate surface area is 53.3 Å². The molecule has 0 atom stereocenters. The maximum atomic E-state index is 9.95. The smallest absolute Gasteiger partial charge is 0.421 e. The summed E-state index contributed by atoms with van der Waals surface area (Å²) in [6, 6.07) is 0. The van der Waals surface area contributed by atoms with Crippen molar-refractivity contribution < 1.29 is 9.53 Å². The van der Waals surface area contributed by atoms with Crippen LogP contribution in [0.15, 0.2) is 0 Å². The minimum atomic E-state index is -0.595. The van der Waals surface area contributed by atoms with Gasteiger partial charge < -0.3 is 4.74 Å². The maximum Gasteiger partial charge on any atom is 0.421 e. The largest absolute Gasteiger partial charge is 0.449 e. The van der Waals surface area contributed by atoms with Crippen LogP contribution >= 0.6 is 0 Å². The van der Waals surface area contributed by atoms with Gasteiger partial charge in [-0.3, -0.25) is 17.1 Å². The van der Waals surface area contributed by atoms with E-state index in [1.165, 1.54) is 0 Å². The van der Waals surface area contributed by atoms with E-state index in [0.717, 1.165) is 0 Å². The van der Waals surface area contributed by atoms with E-state index < -0.39 is 6.09 Å². The molecule has 0 unspecified atom stereocenters. The zero-order chi connectivity index (χ0) is 7.70. The number of nitrogens with two attached hydrogens (primary N) is 3. The third-order valence-corrected chi connectivity index (χ3v) is 0.393. The van der Waals surface area contributed by atoms with Crippen LogP contribution in [0.1, 0.15) is 6.92 Å². The average Bonchev–Trinajstić information content (AvgIpc) is 1.93. The Morgan fingerprint density at radius 3 is 2.22 bits per heavy atom. The van der Waals surface area contributed by atoms with Crippen molar-refractivity contribution in [3.8, 4) is 0 Å². The first kappa shape index (κ1) is 11.0. The average molecular weight is 136 g/mol. The van der Waals surface area contributed by atoms with Gasteiger partial charge >= 0.3 is 6.09 Å². The molecule has 0 fully saturated rings. The van der Waals surface area contributed by atoms with Gasteiger partial charge in [-0.1, -0.05) is 0 Å². The zero-order valence-electron chi connectivity index (χ0n) is 5.26. The molecule has 56 valence electrons. The Kier molecular flexibility index (Phi) is 12.5. The van der Waals surface area contributed by atoms with Crippen LogP contribution in [0, 0.1) is 0 Å². The van der Waals surface area contributed by atoms with E-state index in [-0.39, 0.29) is 0 Å². The van der Waals surface area contributed by atoms with Crippen LogP contribution in [0.3, 0.4) is 0 Å². The summed E-state index contributed by atoms with van der Waals surface area (Å²) in [5, 5.41) is 0. The van der Waals surface area contributed by atoms with E-state index in [1.54, 1.807) is 12.3 Å². The van der Waals surface area contributed by atoms with Gasteiger partial charge in [0.05, 0.1) is 6.61 Å². The fourth-order valence-electron chi connectivity index (χ4n) is 0.173. The van der Waals surface area contributed by atoms with Crippen LogP contribution in [0.4, 0.5) is 4.79 Å². The molecular formula is C3H12N4O2. The van der Waals surface area contributed by atoms with Crippen LogP contribution in [0.2, 0.25) is 0 Å². The van der Waals surface area contributed by atoms with E-state index in [9.17, 15) is 4.79 Å². The third kappa shape index (κ3) is 11.0. The van der Waals surface area contributed by atoms with Crippen LogP contribution in [0.25, 0.3) is 0 Å². The first-order valence-corrected chi connectivity index (χ1v) is 2.28. The molecular weight excluding hydrogens is 124 g/mol. The number of hydrazine groups is 2. The predicted molar refractivity (Wildman–Crippen MR) is 32.7 cm³/mol. The number of nitrogens with one attached hydrogen (secondary N) is 1. The second-order valence-electron chi connectivity index (χ2n) is 0.865. The van der Waals surface area contributed by atoms with Gasteiger partial charge in [0, 0.05) is 0 Å². The topological polar surface area (TPSA) is 116 Å². The fourth-order valence-corrected chi connectivity index (χ4v) is 0.173. The number of amides is 1. The molecule has 6 nitrogen and oxygen atoms in total. The Bertz CT molecular complexity index is 66.8. The second kappa shape index (κ2) is 10.2. The van der Waals surface area contributed by atoms with Crippen molar-refractivity contribution in [3.05, 3.63) is 0 Å². The molecule has 0 rings (SSSR count). The van der Waals surface area contributed by atoms with Crippen LogP contribution < -0.4 is 23.0 Å². The van der Waals surface area contributed by atoms with Gasteiger partial charge in [0.2, 0.25) is 0 Å². The Morgan fingerprint density at radius 1 is 1.67 bits per heavy atom. The Balaban J connectivity index is 0. The minimum Gasteiger partial charge on any atom is -0.449 e. The minimum absolute atomic E-state index is 0.350. The monoisotopic (exact) mass is 136 g/mol. The molecule has 9 heavy (non-hydrogen) atoms. The third-order valence-electron chi connectivity index (χ3n) is 0.393. The SMILES string of the molecule is CCOC(=O)NN.NN. The Hall–Kier alpha value is -0.850. The van der Waals surface area contributed by atoms with Crippen LogP contribution in [-0.2, 0) is 4.74 Å². The van der Waals surface area contributed by atoms with Gasteiger partial charge in [0.1, 0.15) is 0 Å². The van der Waals surface area contributed by atoms with E-state index in [1.807, 2.05) is 0 Å². The van der Waals surface area contributed by atoms with Gasteiger partial charge in [0.15, 0.2) is 0 Å². The zero-order valence-corrected chi connectivity index (χ0v) is 5.26. The molecule has 0 aliphatic rings. The standard InChI is InChI=1S/C3H8N2O2.H4N2/c1-2-7-3(6)5-4;1-2/h2,4H2,1H3,(H,5,6);1-2H2. The van der Waals surface area contributed by atoms with E-state index in [4.69, 9.17) is 0 Å². The second-order valence-corrected chi connectivity index (χ2v) is 0.865. The van der Waals surface area contributed by atoms with Gasteiger partial charge in [-0.2, -0.15) is 0 Å². The fraction of sp³-hybridized carbons (Fsp3) is 0.667. The van der Waals surface area contributed by atoms with Crippen molar-refractivity contribution in [2.75, 3.05) is 6.61 Å². The van der Waals surface area contributed by atoms with Crippen LogP contribution in [0.5, 0.6) is 0 Å². The van der Waals surface area contributed by atoms with Gasteiger partial charge in [0.25, 0.3) is 0 Å². The molecule has 0 spiro atoms. The highest BCUT2D eigenvalue weighted by molar-refractivity contribution is 5.66. The first-order valence-electron chi connectivity index (χ1n) is 2.28. The highest BCUT2D eigenvalue weighted by Gasteiger charge is 1.89. The molecule has 0 saturated heterocycles. The number of carbonyl (C=O) groups excluding carboxylic acids is 1. The summed E-state index contributed by atoms with van der Waals surface area (Å²) in [7, 11) is 0. The van der Waals surface area contributed by atoms with Gasteiger partial charge in [-0.15, -0.1) is 0 Å². The maximum absolute atomic E-state index is 9.95. The number of ether oxygens (including phenoxy) is 1. The number of hydrogen-bond donors (Lipinski definition) is 4. The van der Waals surface area contributed by atoms with Crippen molar-refractivity contribution in [1.29, 1.82) is 0 Å². The number of rotatable bonds is 1. The lowest BCUT2D eigenvalue weighted by Crippen LogP contribution is -2.30. The Morgan fingerprint density at radius 2 is 2.11 bits per heavy atom. The van der Waals surface area contributed by atoms with E-state index in [2.05, 4.69) is 22.3 Å². The molecule has 0 heterocycles. The molecule has 0 aliphatic heterocycles. The number of hydrogen-bond acceptors (Lipinski definition) is 5. The normalized spacial score (nSPS) is 6.67. The van der Waals surface area contributed by atoms with E-state index >= 15 is 0 Å². The van der Waals surface area contributed by atoms with Crippen molar-refractivity contribution in [2.45, 2.75) is 6.92 Å². The molecule has 0 aromatic rings. The van der Waals surface area contributed by atoms with Crippen molar-refractivity contribution in [2.24, 2.45) is 17.5 Å². The van der Waals surface area contributed by atoms with E-state index in [0.29, 0.717) is 6.61 Å². The molecule has 0 bridgehead atoms. The van der Waals surface area contributed by atoms with Crippen molar-refractivity contribution in [3.63, 3.8) is 0 Å². The molecule has 0 aromatic heterocycles. The lowest BCUT2D eigenvalue weighted by Gasteiger charge is -1.95. The quantitative estimate of drug-likeness (QED) is 0.197. The lowest BCUT2D eigenvalue weighted by molar-refractivity contribution is 0.152. The van der Waals surface area contributed by atoms with Crippen molar-refractivity contribution >= 4 is 6.09 Å². The summed E-state index contributed by atoms with van der Waals surface area (Å²) in [5.74, 6) is 12.6. The summed E-state index contributed by atoms with van der Waals surface area (Å²) < 4.78 is 4.32. The van der Waals surface area contributed by atoms with Gasteiger partial charge in [-0.25, -0.2) is 10.6 Å². The molecule has 0 radical (unpaired) electrons.